The molecule has 0 saturated carbocycles. The molecule has 1 aromatic carbocycles. The Labute approximate surface area is 120 Å². The first-order valence-corrected chi connectivity index (χ1v) is 4.53. The van der Waals surface area contributed by atoms with Gasteiger partial charge in [-0.2, -0.15) is 7.05 Å². The molecule has 2 N–H and O–H groups in total. The van der Waals surface area contributed by atoms with E-state index in [1.165, 1.54) is 11.6 Å². The monoisotopic (exact) mass is 294 g/mol. The van der Waals surface area contributed by atoms with Crippen LogP contribution in [0.15, 0.2) is 30.3 Å². The van der Waals surface area contributed by atoms with Gasteiger partial charge in [0.05, 0.1) is 0 Å². The Kier molecular flexibility index (Phi) is 8.29. The van der Waals surface area contributed by atoms with Crippen molar-refractivity contribution >= 4 is 12.0 Å². The number of nitrogens with one attached hydrogen (secondary N) is 1. The molecule has 0 fully saturated rings. The Morgan fingerprint density at radius 3 is 2.56 bits per heavy atom. The molecule has 0 aromatic heterocycles. The van der Waals surface area contributed by atoms with E-state index in [-0.39, 0.29) is 32.7 Å². The smallest absolute Gasteiger partial charge is 0.267 e. The zero-order valence-electron chi connectivity index (χ0n) is 9.05. The SMILES string of the molecule is C[N-]Cc1ccc(/C=C/C(=O)NO)cc1.[Y]. The fourth-order valence-corrected chi connectivity index (χ4v) is 1.13. The zero-order chi connectivity index (χ0) is 11.1. The molecule has 0 aliphatic heterocycles. The number of rotatable bonds is 4. The van der Waals surface area contributed by atoms with Crippen LogP contribution in [0, 0.1) is 0 Å². The van der Waals surface area contributed by atoms with Crippen LogP contribution in [-0.2, 0) is 44.0 Å². The summed E-state index contributed by atoms with van der Waals surface area (Å²) in [6.07, 6.45) is 2.89. The summed E-state index contributed by atoms with van der Waals surface area (Å²) < 4.78 is 0. The van der Waals surface area contributed by atoms with E-state index in [4.69, 9.17) is 5.21 Å². The topological polar surface area (TPSA) is 63.4 Å². The molecule has 0 unspecified atom stereocenters. The van der Waals surface area contributed by atoms with Gasteiger partial charge in [0.1, 0.15) is 0 Å². The number of hydroxylamine groups is 1. The van der Waals surface area contributed by atoms with Gasteiger partial charge in [-0.25, -0.2) is 5.48 Å². The van der Waals surface area contributed by atoms with Gasteiger partial charge in [0, 0.05) is 38.8 Å². The molecule has 0 bridgehead atoms. The molecular weight excluding hydrogens is 281 g/mol. The van der Waals surface area contributed by atoms with E-state index in [2.05, 4.69) is 5.32 Å². The maximum atomic E-state index is 10.7. The Morgan fingerprint density at radius 2 is 2.06 bits per heavy atom. The van der Waals surface area contributed by atoms with E-state index >= 15 is 0 Å². The van der Waals surface area contributed by atoms with Crippen molar-refractivity contribution in [2.45, 2.75) is 6.54 Å². The number of hydrogen-bond acceptors (Lipinski definition) is 2. The summed E-state index contributed by atoms with van der Waals surface area (Å²) in [6.45, 7) is 0.696. The third kappa shape index (κ3) is 5.51. The standard InChI is InChI=1S/C11H13N2O2.Y/c1-12-8-10-4-2-9(3-5-10)6-7-11(14)13-15;/h2-7,15H,8H2,1H3,(H,13,14);/q-1;/b7-6+;. The summed E-state index contributed by atoms with van der Waals surface area (Å²) in [6, 6.07) is 7.68. The Morgan fingerprint density at radius 1 is 1.44 bits per heavy atom. The van der Waals surface area contributed by atoms with E-state index < -0.39 is 5.91 Å². The Hall–Kier alpha value is -0.546. The molecule has 83 valence electrons. The number of benzene rings is 1. The average Bonchev–Trinajstić information content (AvgIpc) is 2.28. The summed E-state index contributed by atoms with van der Waals surface area (Å²) in [4.78, 5) is 10.7. The molecule has 0 aliphatic rings. The van der Waals surface area contributed by atoms with Crippen molar-refractivity contribution in [1.82, 2.24) is 5.48 Å². The van der Waals surface area contributed by atoms with Crippen molar-refractivity contribution < 1.29 is 42.7 Å². The van der Waals surface area contributed by atoms with Gasteiger partial charge < -0.3 is 5.32 Å². The van der Waals surface area contributed by atoms with E-state index in [9.17, 15) is 4.79 Å². The van der Waals surface area contributed by atoms with Crippen molar-refractivity contribution in [2.24, 2.45) is 0 Å². The van der Waals surface area contributed by atoms with Crippen LogP contribution in [0.1, 0.15) is 11.1 Å². The molecule has 0 atom stereocenters. The first-order valence-electron chi connectivity index (χ1n) is 4.53. The minimum atomic E-state index is -0.539. The molecule has 1 amide bonds. The van der Waals surface area contributed by atoms with Crippen LogP contribution in [0.25, 0.3) is 11.4 Å². The van der Waals surface area contributed by atoms with Gasteiger partial charge in [0.25, 0.3) is 5.91 Å². The van der Waals surface area contributed by atoms with Crippen LogP contribution in [0.3, 0.4) is 0 Å². The number of amides is 1. The predicted molar refractivity (Wildman–Crippen MR) is 58.4 cm³/mol. The first-order chi connectivity index (χ1) is 7.26. The van der Waals surface area contributed by atoms with Crippen LogP contribution in [0.4, 0.5) is 0 Å². The van der Waals surface area contributed by atoms with E-state index in [0.717, 1.165) is 11.1 Å². The fraction of sp³-hybridized carbons (Fsp3) is 0.182. The molecule has 1 aromatic rings. The van der Waals surface area contributed by atoms with Crippen molar-refractivity contribution in [1.29, 1.82) is 0 Å². The summed E-state index contributed by atoms with van der Waals surface area (Å²) in [5.74, 6) is -0.539. The molecule has 0 aliphatic carbocycles. The molecule has 0 spiro atoms. The largest absolute Gasteiger partial charge is 0.661 e. The molecule has 5 heteroatoms. The molecule has 16 heavy (non-hydrogen) atoms. The molecule has 4 nitrogen and oxygen atoms in total. The van der Waals surface area contributed by atoms with Gasteiger partial charge in [-0.3, -0.25) is 10.0 Å². The van der Waals surface area contributed by atoms with E-state index in [1.807, 2.05) is 24.3 Å². The van der Waals surface area contributed by atoms with Crippen molar-refractivity contribution in [2.75, 3.05) is 7.05 Å². The van der Waals surface area contributed by atoms with Crippen LogP contribution in [0.5, 0.6) is 0 Å². The normalized spacial score (nSPS) is 9.88. The van der Waals surface area contributed by atoms with E-state index in [0.29, 0.717) is 6.54 Å². The summed E-state index contributed by atoms with van der Waals surface area (Å²) >= 11 is 0. The van der Waals surface area contributed by atoms with Crippen molar-refractivity contribution in [3.63, 3.8) is 0 Å². The second-order valence-corrected chi connectivity index (χ2v) is 3.03. The van der Waals surface area contributed by atoms with Crippen molar-refractivity contribution in [3.05, 3.63) is 46.8 Å². The maximum absolute atomic E-state index is 10.7. The second kappa shape index (κ2) is 8.59. The Bertz CT molecular complexity index is 350. The number of nitrogens with zero attached hydrogens (tertiary/aromatic N) is 1. The van der Waals surface area contributed by atoms with Crippen LogP contribution in [0.2, 0.25) is 0 Å². The summed E-state index contributed by atoms with van der Waals surface area (Å²) in [7, 11) is 1.76. The molecule has 0 saturated heterocycles. The van der Waals surface area contributed by atoms with Gasteiger partial charge in [0.2, 0.25) is 0 Å². The molecule has 1 rings (SSSR count). The number of carbonyl (C=O) groups excluding carboxylic acids is 1. The third-order valence-corrected chi connectivity index (χ3v) is 1.86. The average molecular weight is 294 g/mol. The number of hydrogen-bond donors (Lipinski definition) is 2. The minimum absolute atomic E-state index is 0. The maximum Gasteiger partial charge on any atom is 0.267 e. The van der Waals surface area contributed by atoms with Crippen LogP contribution in [-0.4, -0.2) is 18.2 Å². The van der Waals surface area contributed by atoms with Gasteiger partial charge in [-0.1, -0.05) is 29.8 Å². The first kappa shape index (κ1) is 15.5. The van der Waals surface area contributed by atoms with Gasteiger partial charge in [-0.05, 0) is 11.6 Å². The third-order valence-electron chi connectivity index (χ3n) is 1.86. The molecular formula is C11H13N2O2Y-. The van der Waals surface area contributed by atoms with Gasteiger partial charge >= 0.3 is 0 Å². The molecule has 0 heterocycles. The van der Waals surface area contributed by atoms with Crippen LogP contribution < -0.4 is 5.48 Å². The van der Waals surface area contributed by atoms with E-state index in [1.54, 1.807) is 13.1 Å². The van der Waals surface area contributed by atoms with Crippen LogP contribution >= 0.6 is 0 Å². The fourth-order valence-electron chi connectivity index (χ4n) is 1.13. The minimum Gasteiger partial charge on any atom is -0.661 e. The quantitative estimate of drug-likeness (QED) is 0.504. The molecule has 1 radical (unpaired) electrons. The summed E-state index contributed by atoms with van der Waals surface area (Å²) in [5, 5.41) is 12.3. The van der Waals surface area contributed by atoms with Gasteiger partial charge in [0.15, 0.2) is 0 Å². The second-order valence-electron chi connectivity index (χ2n) is 3.03. The predicted octanol–water partition coefficient (Wildman–Crippen LogP) is 1.71. The zero-order valence-corrected chi connectivity index (χ0v) is 11.9. The Balaban J connectivity index is 0.00000225. The summed E-state index contributed by atoms with van der Waals surface area (Å²) in [5.41, 5.74) is 3.55. The van der Waals surface area contributed by atoms with Gasteiger partial charge in [-0.15, -0.1) is 6.54 Å². The van der Waals surface area contributed by atoms with Crippen molar-refractivity contribution in [3.8, 4) is 0 Å². The number of carbonyl (C=O) groups is 1.